The Bertz CT molecular complexity index is 434. The monoisotopic (exact) mass is 282 g/mol. The molecule has 106 valence electrons. The summed E-state index contributed by atoms with van der Waals surface area (Å²) in [5.41, 5.74) is 0. The summed E-state index contributed by atoms with van der Waals surface area (Å²) in [5.74, 6) is 2.13. The lowest BCUT2D eigenvalue weighted by Gasteiger charge is -2.37. The largest absolute Gasteiger partial charge is 0.336 e. The van der Waals surface area contributed by atoms with Crippen LogP contribution in [0, 0.1) is 5.92 Å². The number of thioether (sulfide) groups is 1. The Morgan fingerprint density at radius 1 is 1.68 bits per heavy atom. The third-order valence-corrected chi connectivity index (χ3v) is 4.35. The number of piperazine rings is 1. The van der Waals surface area contributed by atoms with Gasteiger partial charge in [0.2, 0.25) is 5.91 Å². The van der Waals surface area contributed by atoms with Crippen molar-refractivity contribution in [2.45, 2.75) is 13.0 Å². The van der Waals surface area contributed by atoms with E-state index < -0.39 is 0 Å². The van der Waals surface area contributed by atoms with E-state index in [-0.39, 0.29) is 17.9 Å². The van der Waals surface area contributed by atoms with E-state index in [2.05, 4.69) is 10.3 Å². The molecule has 1 amide bonds. The lowest BCUT2D eigenvalue weighted by Crippen LogP contribution is -2.51. The van der Waals surface area contributed by atoms with Gasteiger partial charge in [0.15, 0.2) is 0 Å². The molecule has 0 saturated carbocycles. The van der Waals surface area contributed by atoms with E-state index in [9.17, 15) is 4.79 Å². The fourth-order valence-corrected chi connectivity index (χ4v) is 3.14. The molecule has 0 aromatic carbocycles. The molecule has 5 nitrogen and oxygen atoms in total. The number of hydrogen-bond acceptors (Lipinski definition) is 4. The van der Waals surface area contributed by atoms with Crippen molar-refractivity contribution < 1.29 is 4.79 Å². The van der Waals surface area contributed by atoms with Gasteiger partial charge in [0, 0.05) is 50.7 Å². The molecule has 2 rings (SSSR count). The van der Waals surface area contributed by atoms with Crippen LogP contribution in [-0.4, -0.2) is 52.0 Å². The number of imidazole rings is 1. The minimum absolute atomic E-state index is 0.0468. The van der Waals surface area contributed by atoms with Crippen LogP contribution in [0.3, 0.4) is 0 Å². The quantitative estimate of drug-likeness (QED) is 0.891. The molecule has 1 N–H and O–H groups in total. The number of carbonyl (C=O) groups excluding carboxylic acids is 1. The molecule has 1 aliphatic heterocycles. The number of rotatable bonds is 4. The van der Waals surface area contributed by atoms with Gasteiger partial charge in [-0.15, -0.1) is 0 Å². The molecule has 1 saturated heterocycles. The second-order valence-corrected chi connectivity index (χ2v) is 5.91. The van der Waals surface area contributed by atoms with Gasteiger partial charge in [-0.25, -0.2) is 4.98 Å². The van der Waals surface area contributed by atoms with Crippen LogP contribution in [0.15, 0.2) is 12.4 Å². The van der Waals surface area contributed by atoms with E-state index >= 15 is 0 Å². The summed E-state index contributed by atoms with van der Waals surface area (Å²) in [4.78, 5) is 18.9. The Labute approximate surface area is 118 Å². The predicted molar refractivity (Wildman–Crippen MR) is 78.1 cm³/mol. The number of aryl methyl sites for hydroxylation is 1. The van der Waals surface area contributed by atoms with Crippen molar-refractivity contribution in [1.29, 1.82) is 0 Å². The van der Waals surface area contributed by atoms with Crippen molar-refractivity contribution in [2.75, 3.05) is 31.6 Å². The Morgan fingerprint density at radius 3 is 3.11 bits per heavy atom. The van der Waals surface area contributed by atoms with Gasteiger partial charge >= 0.3 is 0 Å². The van der Waals surface area contributed by atoms with Gasteiger partial charge in [-0.05, 0) is 6.26 Å². The van der Waals surface area contributed by atoms with E-state index in [1.165, 1.54) is 0 Å². The normalized spacial score (nSPS) is 21.4. The van der Waals surface area contributed by atoms with E-state index in [1.807, 2.05) is 35.9 Å². The van der Waals surface area contributed by atoms with Gasteiger partial charge in [0.05, 0.1) is 0 Å². The van der Waals surface area contributed by atoms with Crippen LogP contribution in [0.5, 0.6) is 0 Å². The number of amides is 1. The fourth-order valence-electron chi connectivity index (χ4n) is 2.50. The first-order valence-electron chi connectivity index (χ1n) is 6.62. The van der Waals surface area contributed by atoms with Crippen molar-refractivity contribution >= 4 is 17.7 Å². The summed E-state index contributed by atoms with van der Waals surface area (Å²) >= 11 is 1.72. The fraction of sp³-hybridized carbons (Fsp3) is 0.692. The van der Waals surface area contributed by atoms with E-state index in [4.69, 9.17) is 0 Å². The molecule has 0 bridgehead atoms. The minimum Gasteiger partial charge on any atom is -0.336 e. The minimum atomic E-state index is 0.0468. The third kappa shape index (κ3) is 3.12. The Morgan fingerprint density at radius 2 is 2.47 bits per heavy atom. The first kappa shape index (κ1) is 14.4. The van der Waals surface area contributed by atoms with Gasteiger partial charge in [-0.2, -0.15) is 11.8 Å². The highest BCUT2D eigenvalue weighted by atomic mass is 32.2. The zero-order valence-electron chi connectivity index (χ0n) is 11.8. The number of nitrogens with one attached hydrogen (secondary N) is 1. The molecule has 0 radical (unpaired) electrons. The van der Waals surface area contributed by atoms with Crippen molar-refractivity contribution in [3.63, 3.8) is 0 Å². The zero-order chi connectivity index (χ0) is 13.8. The van der Waals surface area contributed by atoms with Crippen molar-refractivity contribution in [3.8, 4) is 0 Å². The molecular formula is C13H22N4OS. The molecule has 1 fully saturated rings. The van der Waals surface area contributed by atoms with Crippen LogP contribution >= 0.6 is 11.8 Å². The second-order valence-electron chi connectivity index (χ2n) is 5.00. The molecule has 6 heteroatoms. The van der Waals surface area contributed by atoms with Gasteiger partial charge in [-0.1, -0.05) is 6.92 Å². The van der Waals surface area contributed by atoms with Gasteiger partial charge in [0.1, 0.15) is 11.9 Å². The maximum absolute atomic E-state index is 12.6. The van der Waals surface area contributed by atoms with Crippen LogP contribution < -0.4 is 5.32 Å². The van der Waals surface area contributed by atoms with Crippen LogP contribution in [0.4, 0.5) is 0 Å². The summed E-state index contributed by atoms with van der Waals surface area (Å²) in [6.45, 7) is 4.41. The highest BCUT2D eigenvalue weighted by Gasteiger charge is 2.32. The molecule has 1 aliphatic rings. The molecule has 2 unspecified atom stereocenters. The smallest absolute Gasteiger partial charge is 0.226 e. The molecule has 1 aromatic heterocycles. The van der Waals surface area contributed by atoms with E-state index in [0.717, 1.165) is 31.2 Å². The van der Waals surface area contributed by atoms with Crippen molar-refractivity contribution in [1.82, 2.24) is 19.8 Å². The van der Waals surface area contributed by atoms with Crippen molar-refractivity contribution in [2.24, 2.45) is 13.0 Å². The van der Waals surface area contributed by atoms with Crippen LogP contribution in [0.25, 0.3) is 0 Å². The average Bonchev–Trinajstić information content (AvgIpc) is 2.84. The second kappa shape index (κ2) is 6.43. The van der Waals surface area contributed by atoms with E-state index in [1.54, 1.807) is 18.0 Å². The van der Waals surface area contributed by atoms with Crippen LogP contribution in [0.2, 0.25) is 0 Å². The van der Waals surface area contributed by atoms with Crippen molar-refractivity contribution in [3.05, 3.63) is 18.2 Å². The summed E-state index contributed by atoms with van der Waals surface area (Å²) < 4.78 is 2.00. The summed E-state index contributed by atoms with van der Waals surface area (Å²) in [6.07, 6.45) is 5.76. The average molecular weight is 282 g/mol. The number of hydrogen-bond donors (Lipinski definition) is 1. The molecule has 19 heavy (non-hydrogen) atoms. The van der Waals surface area contributed by atoms with Crippen LogP contribution in [-0.2, 0) is 11.8 Å². The molecule has 2 atom stereocenters. The Kier molecular flexibility index (Phi) is 4.87. The van der Waals surface area contributed by atoms with Gasteiger partial charge in [-0.3, -0.25) is 4.79 Å². The molecule has 1 aromatic rings. The first-order valence-corrected chi connectivity index (χ1v) is 8.02. The highest BCUT2D eigenvalue weighted by Crippen LogP contribution is 2.23. The summed E-state index contributed by atoms with van der Waals surface area (Å²) in [5, 5.41) is 3.35. The third-order valence-electron chi connectivity index (χ3n) is 3.52. The number of nitrogens with zero attached hydrogens (tertiary/aromatic N) is 3. The Hall–Kier alpha value is -1.01. The maximum atomic E-state index is 12.6. The molecular weight excluding hydrogens is 260 g/mol. The van der Waals surface area contributed by atoms with Crippen LogP contribution in [0.1, 0.15) is 18.8 Å². The molecule has 0 aliphatic carbocycles. The zero-order valence-corrected chi connectivity index (χ0v) is 12.6. The number of aromatic nitrogens is 2. The summed E-state index contributed by atoms with van der Waals surface area (Å²) in [6, 6.07) is 0.0468. The van der Waals surface area contributed by atoms with E-state index in [0.29, 0.717) is 0 Å². The standard InChI is InChI=1S/C13H22N4OS/c1-10(9-19-3)13(18)17-7-4-14-8-11(17)12-15-5-6-16(12)2/h5-6,10-11,14H,4,7-9H2,1-3H3. The molecule has 2 heterocycles. The Balaban J connectivity index is 2.17. The van der Waals surface area contributed by atoms with Gasteiger partial charge < -0.3 is 14.8 Å². The highest BCUT2D eigenvalue weighted by molar-refractivity contribution is 7.98. The first-order chi connectivity index (χ1) is 9.15. The maximum Gasteiger partial charge on any atom is 0.226 e. The number of carbonyl (C=O) groups is 1. The van der Waals surface area contributed by atoms with Gasteiger partial charge in [0.25, 0.3) is 0 Å². The lowest BCUT2D eigenvalue weighted by atomic mass is 10.1. The molecule has 0 spiro atoms. The lowest BCUT2D eigenvalue weighted by molar-refractivity contribution is -0.137. The summed E-state index contributed by atoms with van der Waals surface area (Å²) in [7, 11) is 1.98. The topological polar surface area (TPSA) is 50.2 Å². The predicted octanol–water partition coefficient (Wildman–Crippen LogP) is 0.892. The SMILES string of the molecule is CSCC(C)C(=O)N1CCNCC1c1nccn1C.